The van der Waals surface area contributed by atoms with Crippen molar-refractivity contribution < 1.29 is 48.3 Å². The number of amides is 8. The number of benzene rings is 2. The number of nitrogens with two attached hydrogens (primary N) is 3. The van der Waals surface area contributed by atoms with Crippen LogP contribution >= 0.6 is 25.3 Å². The number of H-pyrrole nitrogens is 3. The highest BCUT2D eigenvalue weighted by Crippen LogP contribution is 2.24. The van der Waals surface area contributed by atoms with Gasteiger partial charge in [-0.3, -0.25) is 43.3 Å². The number of aliphatic carboxylic acids is 1. The normalized spacial score (nSPS) is 16.1. The number of fused-ring (bicyclic) bond motifs is 2. The van der Waals surface area contributed by atoms with Gasteiger partial charge in [0, 0.05) is 89.9 Å². The van der Waals surface area contributed by atoms with Crippen molar-refractivity contribution in [2.24, 2.45) is 28.1 Å². The number of likely N-dealkylation sites (tertiary alicyclic amines) is 1. The van der Waals surface area contributed by atoms with Crippen molar-refractivity contribution in [3.8, 4) is 0 Å². The van der Waals surface area contributed by atoms with E-state index in [4.69, 9.17) is 17.2 Å². The largest absolute Gasteiger partial charge is 0.480 e. The number of aliphatic imine (C=N–C) groups is 1. The first kappa shape index (κ1) is 63.1. The molecule has 442 valence electrons. The molecule has 1 fully saturated rings. The van der Waals surface area contributed by atoms with Gasteiger partial charge in [0.1, 0.15) is 48.3 Å². The number of imidazole rings is 1. The van der Waals surface area contributed by atoms with Crippen LogP contribution in [-0.2, 0) is 62.4 Å². The van der Waals surface area contributed by atoms with E-state index in [1.165, 1.54) is 24.3 Å². The fourth-order valence-electron chi connectivity index (χ4n) is 9.56. The molecule has 0 bridgehead atoms. The number of nitrogens with one attached hydrogen (secondary N) is 10. The van der Waals surface area contributed by atoms with Gasteiger partial charge in [-0.25, -0.2) is 9.78 Å². The molecule has 6 rings (SSSR count). The lowest BCUT2D eigenvalue weighted by Gasteiger charge is -2.31. The lowest BCUT2D eigenvalue weighted by atomic mass is 9.99. The monoisotopic (exact) mass is 1170 g/mol. The Labute approximate surface area is 484 Å². The van der Waals surface area contributed by atoms with Crippen LogP contribution in [0, 0.1) is 5.92 Å². The Balaban J connectivity index is 1.29. The van der Waals surface area contributed by atoms with Gasteiger partial charge in [-0.15, -0.1) is 0 Å². The van der Waals surface area contributed by atoms with E-state index in [9.17, 15) is 48.3 Å². The maximum atomic E-state index is 15.0. The summed E-state index contributed by atoms with van der Waals surface area (Å²) in [4.78, 5) is 144. The average Bonchev–Trinajstić information content (AvgIpc) is 4.42. The third-order valence-electron chi connectivity index (χ3n) is 13.9. The minimum atomic E-state index is -1.40. The second kappa shape index (κ2) is 30.1. The maximum absolute atomic E-state index is 15.0. The zero-order valence-electron chi connectivity index (χ0n) is 45.8. The van der Waals surface area contributed by atoms with Crippen molar-refractivity contribution in [3.05, 3.63) is 90.3 Å². The summed E-state index contributed by atoms with van der Waals surface area (Å²) >= 11 is 8.11. The smallest absolute Gasteiger partial charge is 0.327 e. The Morgan fingerprint density at radius 3 is 1.73 bits per heavy atom. The summed E-state index contributed by atoms with van der Waals surface area (Å²) < 4.78 is 0. The number of carbonyl (C=O) groups excluding carboxylic acids is 8. The van der Waals surface area contributed by atoms with Crippen molar-refractivity contribution in [1.82, 2.24) is 62.1 Å². The van der Waals surface area contributed by atoms with Crippen molar-refractivity contribution in [1.29, 1.82) is 0 Å². The van der Waals surface area contributed by atoms with Crippen LogP contribution in [0.15, 0.2) is 78.4 Å². The molecule has 28 heteroatoms. The summed E-state index contributed by atoms with van der Waals surface area (Å²) in [6.07, 6.45) is 6.84. The van der Waals surface area contributed by atoms with E-state index in [0.717, 1.165) is 21.8 Å². The molecular weight excluding hydrogens is 1100 g/mol. The third kappa shape index (κ3) is 17.4. The second-order valence-electron chi connectivity index (χ2n) is 20.6. The first-order chi connectivity index (χ1) is 39.2. The van der Waals surface area contributed by atoms with Gasteiger partial charge in [-0.1, -0.05) is 50.2 Å². The van der Waals surface area contributed by atoms with Crippen LogP contribution in [0.1, 0.15) is 69.7 Å². The Morgan fingerprint density at radius 1 is 0.683 bits per heavy atom. The van der Waals surface area contributed by atoms with Crippen molar-refractivity contribution in [2.45, 2.75) is 127 Å². The number of carboxylic acids is 1. The number of carbonyl (C=O) groups is 9. The topological polar surface area (TPSA) is 412 Å². The van der Waals surface area contributed by atoms with Crippen LogP contribution in [0.5, 0.6) is 0 Å². The second-order valence-corrected chi connectivity index (χ2v) is 21.3. The number of hydrogen-bond donors (Lipinski definition) is 16. The molecule has 2 aromatic carbocycles. The molecule has 0 unspecified atom stereocenters. The number of carboxylic acid groups (broad SMARTS) is 1. The van der Waals surface area contributed by atoms with Gasteiger partial charge in [0.2, 0.25) is 47.3 Å². The summed E-state index contributed by atoms with van der Waals surface area (Å²) in [6.45, 7) is 5.26. The van der Waals surface area contributed by atoms with Crippen molar-refractivity contribution in [3.63, 3.8) is 0 Å². The van der Waals surface area contributed by atoms with Gasteiger partial charge >= 0.3 is 5.97 Å². The SMILES string of the molecule is CC(C)C[C@H](NC(=O)[C@H](Cc1c[nH]c2ccccc12)NC(=O)[C@H](CCCN=C(N)N)NC(=O)[C@H](Cc1c[nH]c2ccccc12)NC(=O)[C@H](Cc1cnc[nH]1)NC(=O)[C@@H](N)CS)C(=O)N1CCC[C@H]1C(=O)N[C@@H](C)C(=O)N[C@@H](CS)C(=O)O. The van der Waals surface area contributed by atoms with Crippen molar-refractivity contribution >= 4 is 106 Å². The zero-order valence-corrected chi connectivity index (χ0v) is 47.6. The fourth-order valence-corrected chi connectivity index (χ4v) is 9.97. The van der Waals surface area contributed by atoms with Crippen LogP contribution in [0.3, 0.4) is 0 Å². The standard InChI is InChI=1S/C54H74N16O10S2/c1-28(2)18-42(52(78)70-17-9-15-44(70)51(77)63-29(3)45(71)69-43(26-82)53(79)80)68-49(75)40(20-31-23-61-37-13-7-5-11-34(31)37)66-47(73)38(14-8-16-59-54(56)57)64-48(74)39(19-30-22-60-36-12-6-4-10-33(30)36)67-50(76)41(21-32-24-58-27-62-32)65-46(72)35(55)25-81/h4-7,10-13,22-24,27-29,35,38-44,60-61,81-82H,8-9,14-21,25-26,55H2,1-3H3,(H,58,62)(H,63,77)(H,64,74)(H,65,72)(H,66,73)(H,67,76)(H,68,75)(H,69,71)(H,79,80)(H4,56,57,59)/t29-,35-,38-,39-,40-,41-,42-,43-,44-/m0/s1. The molecule has 1 saturated heterocycles. The minimum Gasteiger partial charge on any atom is -0.480 e. The third-order valence-corrected chi connectivity index (χ3v) is 14.7. The molecule has 17 N–H and O–H groups in total. The van der Waals surface area contributed by atoms with Crippen LogP contribution in [0.4, 0.5) is 0 Å². The molecule has 0 spiro atoms. The first-order valence-electron chi connectivity index (χ1n) is 26.9. The number of hydrogen-bond acceptors (Lipinski definition) is 14. The Kier molecular flexibility index (Phi) is 23.1. The molecule has 3 aromatic heterocycles. The van der Waals surface area contributed by atoms with Gasteiger partial charge in [-0.05, 0) is 68.2 Å². The summed E-state index contributed by atoms with van der Waals surface area (Å²) in [5, 5.41) is 29.8. The number of rotatable bonds is 30. The lowest BCUT2D eigenvalue weighted by molar-refractivity contribution is -0.143. The maximum Gasteiger partial charge on any atom is 0.327 e. The number of nitrogens with zero attached hydrogens (tertiary/aromatic N) is 3. The predicted octanol–water partition coefficient (Wildman–Crippen LogP) is -0.824. The molecule has 8 amide bonds. The number of aromatic amines is 3. The molecule has 9 atom stereocenters. The molecule has 1 aliphatic heterocycles. The van der Waals surface area contributed by atoms with E-state index in [0.29, 0.717) is 23.2 Å². The molecule has 0 aliphatic carbocycles. The number of aromatic nitrogens is 4. The zero-order chi connectivity index (χ0) is 59.6. The van der Waals surface area contributed by atoms with Crippen LogP contribution in [0.2, 0.25) is 0 Å². The highest BCUT2D eigenvalue weighted by atomic mass is 32.1. The van der Waals surface area contributed by atoms with Gasteiger partial charge in [0.05, 0.1) is 12.4 Å². The molecule has 1 aliphatic rings. The van der Waals surface area contributed by atoms with Crippen LogP contribution < -0.4 is 54.4 Å². The molecule has 0 saturated carbocycles. The molecular formula is C54H74N16O10S2. The van der Waals surface area contributed by atoms with E-state index in [1.54, 1.807) is 12.4 Å². The van der Waals surface area contributed by atoms with Crippen LogP contribution in [-0.4, -0.2) is 168 Å². The molecule has 26 nitrogen and oxygen atoms in total. The van der Waals surface area contributed by atoms with Gasteiger partial charge < -0.3 is 79.4 Å². The van der Waals surface area contributed by atoms with E-state index in [1.807, 2.05) is 62.4 Å². The quantitative estimate of drug-likeness (QED) is 0.0116. The molecule has 82 heavy (non-hydrogen) atoms. The van der Waals surface area contributed by atoms with E-state index in [2.05, 4.69) is 87.4 Å². The van der Waals surface area contributed by atoms with Gasteiger partial charge in [0.15, 0.2) is 5.96 Å². The van der Waals surface area contributed by atoms with E-state index >= 15 is 0 Å². The van der Waals surface area contributed by atoms with Crippen molar-refractivity contribution in [2.75, 3.05) is 24.6 Å². The Hall–Kier alpha value is -8.11. The fraction of sp³-hybridized carbons (Fsp3) is 0.463. The van der Waals surface area contributed by atoms with E-state index < -0.39 is 108 Å². The number of thiol groups is 2. The van der Waals surface area contributed by atoms with E-state index in [-0.39, 0.29) is 81.4 Å². The summed E-state index contributed by atoms with van der Waals surface area (Å²) in [5.41, 5.74) is 20.5. The first-order valence-corrected chi connectivity index (χ1v) is 28.2. The summed E-state index contributed by atoms with van der Waals surface area (Å²) in [5.74, 6) is -7.73. The molecule has 0 radical (unpaired) electrons. The Morgan fingerprint density at radius 2 is 1.21 bits per heavy atom. The van der Waals surface area contributed by atoms with Crippen LogP contribution in [0.25, 0.3) is 21.8 Å². The number of guanidine groups is 1. The lowest BCUT2D eigenvalue weighted by Crippen LogP contribution is -2.61. The predicted molar refractivity (Wildman–Crippen MR) is 313 cm³/mol. The average molecular weight is 1170 g/mol. The minimum absolute atomic E-state index is 0.0237. The molecule has 5 aromatic rings. The highest BCUT2D eigenvalue weighted by Gasteiger charge is 2.40. The Bertz CT molecular complexity index is 3070. The number of para-hydroxylation sites is 2. The summed E-state index contributed by atoms with van der Waals surface area (Å²) in [6, 6.07) is 3.41. The highest BCUT2D eigenvalue weighted by molar-refractivity contribution is 7.80. The van der Waals surface area contributed by atoms with Gasteiger partial charge in [-0.2, -0.15) is 25.3 Å². The molecule has 4 heterocycles. The summed E-state index contributed by atoms with van der Waals surface area (Å²) in [7, 11) is 0. The van der Waals surface area contributed by atoms with Gasteiger partial charge in [0.25, 0.3) is 0 Å².